The molecular weight excluding hydrogens is 368 g/mol. The number of hydrogen-bond donors (Lipinski definition) is 0. The van der Waals surface area contributed by atoms with E-state index in [0.717, 1.165) is 11.3 Å². The van der Waals surface area contributed by atoms with E-state index in [1.807, 2.05) is 42.5 Å². The van der Waals surface area contributed by atoms with E-state index < -0.39 is 11.0 Å². The molecule has 3 atom stereocenters. The Hall–Kier alpha value is -3.25. The number of carbonyl (C=O) groups excluding carboxylic acids is 1. The second-order valence-electron chi connectivity index (χ2n) is 7.64. The molecule has 29 heavy (non-hydrogen) atoms. The molecule has 0 amide bonds. The van der Waals surface area contributed by atoms with Crippen LogP contribution in [0.15, 0.2) is 78.4 Å². The van der Waals surface area contributed by atoms with Crippen LogP contribution in [0.25, 0.3) is 0 Å². The molecule has 4 rings (SSSR count). The summed E-state index contributed by atoms with van der Waals surface area (Å²) < 4.78 is 0. The third kappa shape index (κ3) is 3.59. The number of non-ortho nitro benzene ring substituents is 1. The number of carbonyl (C=O) groups is 1. The van der Waals surface area contributed by atoms with Crippen LogP contribution >= 0.6 is 0 Å². The molecule has 2 aromatic carbocycles. The van der Waals surface area contributed by atoms with Crippen molar-refractivity contribution in [1.29, 1.82) is 0 Å². The number of fused-ring (bicyclic) bond motifs is 1. The van der Waals surface area contributed by atoms with Crippen molar-refractivity contribution in [2.24, 2.45) is 11.8 Å². The van der Waals surface area contributed by atoms with Crippen LogP contribution in [-0.2, 0) is 4.84 Å². The first-order chi connectivity index (χ1) is 14.0. The Bertz CT molecular complexity index is 980. The van der Waals surface area contributed by atoms with Crippen molar-refractivity contribution in [3.05, 3.63) is 94.1 Å². The predicted molar refractivity (Wildman–Crippen MR) is 111 cm³/mol. The summed E-state index contributed by atoms with van der Waals surface area (Å²) in [5.41, 5.74) is 2.29. The van der Waals surface area contributed by atoms with Crippen LogP contribution < -0.4 is 5.06 Å². The molecule has 1 heterocycles. The van der Waals surface area contributed by atoms with Gasteiger partial charge in [0.2, 0.25) is 0 Å². The summed E-state index contributed by atoms with van der Waals surface area (Å²) in [5, 5.41) is 12.6. The van der Waals surface area contributed by atoms with E-state index in [-0.39, 0.29) is 23.5 Å². The maximum Gasteiger partial charge on any atom is 0.269 e. The van der Waals surface area contributed by atoms with Crippen LogP contribution in [0.5, 0.6) is 0 Å². The maximum atomic E-state index is 13.5. The standard InChI is InChI=1S/C23H22N2O4/c1-15(2)14-17-10-13-20-21(17)22(24(29-20)18-6-4-3-5-7-18)23(26)16-8-11-19(12-9-16)25(27)28/h3-15,20-22H,1-2H3/b17-14+/t20-,21+,22+/m1/s1. The van der Waals surface area contributed by atoms with Gasteiger partial charge in [0, 0.05) is 23.6 Å². The average Bonchev–Trinajstić information content (AvgIpc) is 3.28. The Balaban J connectivity index is 1.74. The number of benzene rings is 2. The van der Waals surface area contributed by atoms with E-state index >= 15 is 0 Å². The Morgan fingerprint density at radius 3 is 2.45 bits per heavy atom. The van der Waals surface area contributed by atoms with Gasteiger partial charge in [0.05, 0.1) is 10.6 Å². The van der Waals surface area contributed by atoms with E-state index in [1.54, 1.807) is 5.06 Å². The molecule has 0 N–H and O–H groups in total. The number of nitro groups is 1. The largest absolute Gasteiger partial charge is 0.292 e. The lowest BCUT2D eigenvalue weighted by Crippen LogP contribution is -2.40. The number of rotatable bonds is 5. The highest BCUT2D eigenvalue weighted by molar-refractivity contribution is 6.03. The molecule has 0 saturated carbocycles. The van der Waals surface area contributed by atoms with Crippen molar-refractivity contribution in [3.8, 4) is 0 Å². The van der Waals surface area contributed by atoms with Gasteiger partial charge in [-0.1, -0.05) is 50.3 Å². The molecule has 1 aliphatic carbocycles. The Morgan fingerprint density at radius 2 is 1.83 bits per heavy atom. The van der Waals surface area contributed by atoms with E-state index in [1.165, 1.54) is 24.3 Å². The fourth-order valence-electron chi connectivity index (χ4n) is 3.97. The third-order valence-corrected chi connectivity index (χ3v) is 5.21. The molecule has 0 aromatic heterocycles. The van der Waals surface area contributed by atoms with Crippen molar-refractivity contribution in [2.75, 3.05) is 5.06 Å². The minimum atomic E-state index is -0.552. The molecule has 0 bridgehead atoms. The van der Waals surface area contributed by atoms with Crippen molar-refractivity contribution in [1.82, 2.24) is 0 Å². The summed E-state index contributed by atoms with van der Waals surface area (Å²) in [6.45, 7) is 4.21. The van der Waals surface area contributed by atoms with Crippen LogP contribution in [-0.4, -0.2) is 22.9 Å². The second-order valence-corrected chi connectivity index (χ2v) is 7.64. The summed E-state index contributed by atoms with van der Waals surface area (Å²) >= 11 is 0. The molecule has 0 spiro atoms. The number of ketones is 1. The molecule has 6 nitrogen and oxygen atoms in total. The zero-order chi connectivity index (χ0) is 20.5. The lowest BCUT2D eigenvalue weighted by atomic mass is 9.85. The first-order valence-electron chi connectivity index (χ1n) is 9.65. The first-order valence-corrected chi connectivity index (χ1v) is 9.65. The zero-order valence-electron chi connectivity index (χ0n) is 16.3. The van der Waals surface area contributed by atoms with Gasteiger partial charge >= 0.3 is 0 Å². The van der Waals surface area contributed by atoms with E-state index in [9.17, 15) is 14.9 Å². The monoisotopic (exact) mass is 390 g/mol. The van der Waals surface area contributed by atoms with Crippen molar-refractivity contribution in [3.63, 3.8) is 0 Å². The van der Waals surface area contributed by atoms with Crippen molar-refractivity contribution in [2.45, 2.75) is 26.0 Å². The van der Waals surface area contributed by atoms with Gasteiger partial charge in [0.1, 0.15) is 12.1 Å². The number of nitro benzene ring substituents is 1. The predicted octanol–water partition coefficient (Wildman–Crippen LogP) is 4.73. The maximum absolute atomic E-state index is 13.5. The third-order valence-electron chi connectivity index (χ3n) is 5.21. The Morgan fingerprint density at radius 1 is 1.14 bits per heavy atom. The minimum Gasteiger partial charge on any atom is -0.292 e. The summed E-state index contributed by atoms with van der Waals surface area (Å²) in [6.07, 6.45) is 5.98. The molecule has 1 aliphatic heterocycles. The fraction of sp³-hybridized carbons (Fsp3) is 0.261. The molecule has 1 saturated heterocycles. The minimum absolute atomic E-state index is 0.0371. The highest BCUT2D eigenvalue weighted by atomic mass is 16.7. The highest BCUT2D eigenvalue weighted by Crippen LogP contribution is 2.43. The Labute approximate surface area is 169 Å². The number of allylic oxidation sites excluding steroid dienone is 2. The highest BCUT2D eigenvalue weighted by Gasteiger charge is 2.50. The summed E-state index contributed by atoms with van der Waals surface area (Å²) in [6, 6.07) is 14.8. The van der Waals surface area contributed by atoms with Gasteiger partial charge in [0.25, 0.3) is 5.69 Å². The van der Waals surface area contributed by atoms with Crippen LogP contribution in [0.3, 0.4) is 0 Å². The quantitative estimate of drug-likeness (QED) is 0.419. The molecule has 148 valence electrons. The van der Waals surface area contributed by atoms with Crippen LogP contribution in [0, 0.1) is 22.0 Å². The van der Waals surface area contributed by atoms with Gasteiger partial charge in [-0.25, -0.2) is 5.06 Å². The number of anilines is 1. The Kier molecular flexibility index (Phi) is 5.03. The molecule has 0 unspecified atom stereocenters. The lowest BCUT2D eigenvalue weighted by molar-refractivity contribution is -0.384. The van der Waals surface area contributed by atoms with Crippen molar-refractivity contribution >= 4 is 17.2 Å². The fourth-order valence-corrected chi connectivity index (χ4v) is 3.97. The molecule has 2 aromatic rings. The molecular formula is C23H22N2O4. The van der Waals surface area contributed by atoms with Crippen LogP contribution in [0.2, 0.25) is 0 Å². The number of Topliss-reactive ketones (excluding diaryl/α,β-unsaturated/α-hetero) is 1. The van der Waals surface area contributed by atoms with E-state index in [2.05, 4.69) is 19.9 Å². The van der Waals surface area contributed by atoms with E-state index in [0.29, 0.717) is 11.5 Å². The van der Waals surface area contributed by atoms with Crippen LogP contribution in [0.4, 0.5) is 11.4 Å². The summed E-state index contributed by atoms with van der Waals surface area (Å²) in [5.74, 6) is 0.101. The van der Waals surface area contributed by atoms with E-state index in [4.69, 9.17) is 4.84 Å². The number of para-hydroxylation sites is 1. The summed E-state index contributed by atoms with van der Waals surface area (Å²) in [4.78, 5) is 30.2. The lowest BCUT2D eigenvalue weighted by Gasteiger charge is -2.26. The SMILES string of the molecule is CC(C)/C=C1\C=C[C@H]2ON(c3ccccc3)[C@H](C(=O)c3ccc([N+](=O)[O-])cc3)[C@@H]12. The zero-order valence-corrected chi connectivity index (χ0v) is 16.3. The van der Waals surface area contributed by atoms with Gasteiger partial charge in [-0.3, -0.25) is 19.7 Å². The number of hydrogen-bond acceptors (Lipinski definition) is 5. The number of nitrogens with zero attached hydrogens (tertiary/aromatic N) is 2. The van der Waals surface area contributed by atoms with Gasteiger partial charge in [-0.05, 0) is 35.8 Å². The topological polar surface area (TPSA) is 72.7 Å². The molecule has 0 radical (unpaired) electrons. The average molecular weight is 390 g/mol. The second kappa shape index (κ2) is 7.64. The molecule has 2 aliphatic rings. The molecule has 6 heteroatoms. The summed E-state index contributed by atoms with van der Waals surface area (Å²) in [7, 11) is 0. The van der Waals surface area contributed by atoms with Gasteiger partial charge in [0.15, 0.2) is 5.78 Å². The van der Waals surface area contributed by atoms with Gasteiger partial charge in [-0.15, -0.1) is 0 Å². The van der Waals surface area contributed by atoms with Gasteiger partial charge < -0.3 is 0 Å². The smallest absolute Gasteiger partial charge is 0.269 e. The van der Waals surface area contributed by atoms with Gasteiger partial charge in [-0.2, -0.15) is 0 Å². The van der Waals surface area contributed by atoms with Crippen molar-refractivity contribution < 1.29 is 14.6 Å². The normalized spacial score (nSPS) is 24.3. The molecule has 1 fully saturated rings. The van der Waals surface area contributed by atoms with Crippen LogP contribution in [0.1, 0.15) is 24.2 Å². The number of hydroxylamine groups is 1. The first kappa shape index (κ1) is 19.1.